The van der Waals surface area contributed by atoms with E-state index in [-0.39, 0.29) is 29.4 Å². The second-order valence-corrected chi connectivity index (χ2v) is 8.67. The molecule has 0 N–H and O–H groups in total. The molecule has 3 aromatic rings. The molecule has 184 valence electrons. The first-order chi connectivity index (χ1) is 16.1. The van der Waals surface area contributed by atoms with Gasteiger partial charge >= 0.3 is 18.3 Å². The molecule has 0 aliphatic rings. The minimum absolute atomic E-state index is 0.0592. The van der Waals surface area contributed by atoms with E-state index >= 15 is 0 Å². The lowest BCUT2D eigenvalue weighted by molar-refractivity contribution is -0.149. The van der Waals surface area contributed by atoms with Crippen LogP contribution in [0.5, 0.6) is 0 Å². The zero-order valence-electron chi connectivity index (χ0n) is 18.8. The molecule has 0 aliphatic carbocycles. The van der Waals surface area contributed by atoms with E-state index in [4.69, 9.17) is 4.74 Å². The van der Waals surface area contributed by atoms with Crippen molar-refractivity contribution in [1.82, 2.24) is 9.55 Å². The van der Waals surface area contributed by atoms with Crippen molar-refractivity contribution in [3.8, 4) is 6.07 Å². The Kier molecular flexibility index (Phi) is 6.70. The number of hydrogen-bond donors (Lipinski definition) is 0. The number of nitrogens with zero attached hydrogens (tertiary/aromatic N) is 3. The minimum atomic E-state index is -4.98. The van der Waals surface area contributed by atoms with Gasteiger partial charge < -0.3 is 9.30 Å². The zero-order valence-corrected chi connectivity index (χ0v) is 18.8. The molecule has 2 heterocycles. The lowest BCUT2D eigenvalue weighted by atomic mass is 10.0. The summed E-state index contributed by atoms with van der Waals surface area (Å²) in [6.07, 6.45) is -5.92. The molecular formula is C24H19F6N3O2. The van der Waals surface area contributed by atoms with Crippen molar-refractivity contribution in [2.24, 2.45) is 0 Å². The Morgan fingerprint density at radius 1 is 1.09 bits per heavy atom. The Hall–Kier alpha value is -3.81. The van der Waals surface area contributed by atoms with Crippen molar-refractivity contribution in [3.63, 3.8) is 0 Å². The van der Waals surface area contributed by atoms with Crippen LogP contribution < -0.4 is 0 Å². The summed E-state index contributed by atoms with van der Waals surface area (Å²) in [5, 5.41) is 9.86. The van der Waals surface area contributed by atoms with Gasteiger partial charge in [-0.2, -0.15) is 31.6 Å². The maximum atomic E-state index is 13.2. The third-order valence-corrected chi connectivity index (χ3v) is 4.70. The Morgan fingerprint density at radius 2 is 1.69 bits per heavy atom. The van der Waals surface area contributed by atoms with E-state index in [1.165, 1.54) is 23.0 Å². The van der Waals surface area contributed by atoms with Crippen LogP contribution in [0.1, 0.15) is 43.0 Å². The summed E-state index contributed by atoms with van der Waals surface area (Å²) in [4.78, 5) is 16.5. The van der Waals surface area contributed by atoms with Crippen molar-refractivity contribution >= 4 is 23.1 Å². The SMILES string of the molecule is CC(C)(C)OC(=O)/C(C#N)=C/c1cn(Cc2cc(C(F)(F)F)cc(C(F)(F)F)c2)c2ncccc12. The van der Waals surface area contributed by atoms with Crippen LogP contribution in [0.2, 0.25) is 0 Å². The Bertz CT molecular complexity index is 1310. The largest absolute Gasteiger partial charge is 0.456 e. The highest BCUT2D eigenvalue weighted by Gasteiger charge is 2.37. The summed E-state index contributed by atoms with van der Waals surface area (Å²) < 4.78 is 86.0. The lowest BCUT2D eigenvalue weighted by Gasteiger charge is -2.18. The average Bonchev–Trinajstić information content (AvgIpc) is 3.06. The van der Waals surface area contributed by atoms with Gasteiger partial charge in [0.1, 0.15) is 22.9 Å². The topological polar surface area (TPSA) is 67.9 Å². The third kappa shape index (κ3) is 6.20. The molecule has 1 aromatic carbocycles. The summed E-state index contributed by atoms with van der Waals surface area (Å²) in [6.45, 7) is 4.50. The van der Waals surface area contributed by atoms with Crippen molar-refractivity contribution in [2.45, 2.75) is 45.3 Å². The fourth-order valence-corrected chi connectivity index (χ4v) is 3.32. The van der Waals surface area contributed by atoms with Gasteiger partial charge in [0.15, 0.2) is 0 Å². The van der Waals surface area contributed by atoms with Gasteiger partial charge in [-0.1, -0.05) is 0 Å². The molecule has 0 amide bonds. The summed E-state index contributed by atoms with van der Waals surface area (Å²) in [6, 6.07) is 6.25. The van der Waals surface area contributed by atoms with E-state index < -0.39 is 35.0 Å². The maximum absolute atomic E-state index is 13.2. The van der Waals surface area contributed by atoms with Crippen LogP contribution in [0.15, 0.2) is 48.3 Å². The molecule has 0 saturated heterocycles. The average molecular weight is 495 g/mol. The molecule has 2 aromatic heterocycles. The number of nitriles is 1. The normalized spacial score (nSPS) is 13.1. The number of benzene rings is 1. The molecule has 0 saturated carbocycles. The van der Waals surface area contributed by atoms with Crippen LogP contribution in [0.3, 0.4) is 0 Å². The van der Waals surface area contributed by atoms with Gasteiger partial charge in [0.25, 0.3) is 0 Å². The molecule has 0 atom stereocenters. The highest BCUT2D eigenvalue weighted by Crippen LogP contribution is 2.36. The smallest absolute Gasteiger partial charge is 0.416 e. The number of hydrogen-bond acceptors (Lipinski definition) is 4. The standard InChI is InChI=1S/C24H19F6N3O2/c1-22(2,3)35-21(34)15(11-31)9-16-13-33(20-19(16)5-4-6-32-20)12-14-7-17(23(25,26)27)10-18(8-14)24(28,29)30/h4-10,13H,12H2,1-3H3/b15-9+. The summed E-state index contributed by atoms with van der Waals surface area (Å²) in [7, 11) is 0. The Balaban J connectivity index is 2.10. The first-order valence-corrected chi connectivity index (χ1v) is 10.2. The highest BCUT2D eigenvalue weighted by atomic mass is 19.4. The number of aromatic nitrogens is 2. The van der Waals surface area contributed by atoms with E-state index in [2.05, 4.69) is 4.98 Å². The Morgan fingerprint density at radius 3 is 2.20 bits per heavy atom. The molecule has 0 aliphatic heterocycles. The number of halogens is 6. The van der Waals surface area contributed by atoms with E-state index in [0.717, 1.165) is 0 Å². The number of esters is 1. The fourth-order valence-electron chi connectivity index (χ4n) is 3.32. The molecule has 0 radical (unpaired) electrons. The zero-order chi connectivity index (χ0) is 26.2. The summed E-state index contributed by atoms with van der Waals surface area (Å²) in [5.41, 5.74) is -3.74. The first kappa shape index (κ1) is 25.8. The van der Waals surface area contributed by atoms with Gasteiger partial charge in [0, 0.05) is 29.9 Å². The van der Waals surface area contributed by atoms with Crippen LogP contribution >= 0.6 is 0 Å². The second-order valence-electron chi connectivity index (χ2n) is 8.67. The quantitative estimate of drug-likeness (QED) is 0.183. The molecule has 0 spiro atoms. The molecule has 35 heavy (non-hydrogen) atoms. The first-order valence-electron chi connectivity index (χ1n) is 10.2. The van der Waals surface area contributed by atoms with E-state index in [9.17, 15) is 36.4 Å². The molecule has 0 unspecified atom stereocenters. The Labute approximate surface area is 196 Å². The van der Waals surface area contributed by atoms with Crippen molar-refractivity contribution in [3.05, 3.63) is 70.6 Å². The fraction of sp³-hybridized carbons (Fsp3) is 0.292. The van der Waals surface area contributed by atoms with Gasteiger partial charge in [0.2, 0.25) is 0 Å². The van der Waals surface area contributed by atoms with Crippen LogP contribution in [0.25, 0.3) is 17.1 Å². The van der Waals surface area contributed by atoms with Crippen molar-refractivity contribution < 1.29 is 35.9 Å². The predicted molar refractivity (Wildman–Crippen MR) is 115 cm³/mol. The summed E-state index contributed by atoms with van der Waals surface area (Å²) >= 11 is 0. The molecule has 11 heteroatoms. The molecule has 0 bridgehead atoms. The molecule has 0 fully saturated rings. The number of fused-ring (bicyclic) bond motifs is 1. The van der Waals surface area contributed by atoms with Gasteiger partial charge in [-0.05, 0) is 62.7 Å². The number of carbonyl (C=O) groups is 1. The number of ether oxygens (including phenoxy) is 1. The van der Waals surface area contributed by atoms with E-state index in [0.29, 0.717) is 23.1 Å². The van der Waals surface area contributed by atoms with Crippen molar-refractivity contribution in [2.75, 3.05) is 0 Å². The maximum Gasteiger partial charge on any atom is 0.416 e. The van der Waals surface area contributed by atoms with Gasteiger partial charge in [-0.25, -0.2) is 9.78 Å². The van der Waals surface area contributed by atoms with Gasteiger partial charge in [-0.3, -0.25) is 0 Å². The lowest BCUT2D eigenvalue weighted by Crippen LogP contribution is -2.24. The van der Waals surface area contributed by atoms with Crippen LogP contribution in [-0.2, 0) is 28.4 Å². The van der Waals surface area contributed by atoms with Crippen LogP contribution in [0, 0.1) is 11.3 Å². The van der Waals surface area contributed by atoms with E-state index in [1.807, 2.05) is 0 Å². The predicted octanol–water partition coefficient (Wildman–Crippen LogP) is 6.37. The molecule has 5 nitrogen and oxygen atoms in total. The van der Waals surface area contributed by atoms with Crippen LogP contribution in [0.4, 0.5) is 26.3 Å². The minimum Gasteiger partial charge on any atom is -0.456 e. The van der Waals surface area contributed by atoms with Crippen molar-refractivity contribution in [1.29, 1.82) is 5.26 Å². The molecule has 3 rings (SSSR count). The van der Waals surface area contributed by atoms with E-state index in [1.54, 1.807) is 39.0 Å². The molecular weight excluding hydrogens is 476 g/mol. The number of pyridine rings is 1. The summed E-state index contributed by atoms with van der Waals surface area (Å²) in [5.74, 6) is -0.877. The highest BCUT2D eigenvalue weighted by molar-refractivity contribution is 6.00. The number of alkyl halides is 6. The van der Waals surface area contributed by atoms with Gasteiger partial charge in [-0.15, -0.1) is 0 Å². The van der Waals surface area contributed by atoms with Gasteiger partial charge in [0.05, 0.1) is 11.1 Å². The monoisotopic (exact) mass is 495 g/mol. The second kappa shape index (κ2) is 9.09. The van der Waals surface area contributed by atoms with Crippen LogP contribution in [-0.4, -0.2) is 21.1 Å². The number of rotatable bonds is 4. The third-order valence-electron chi connectivity index (χ3n) is 4.70. The number of carbonyl (C=O) groups excluding carboxylic acids is 1.